The summed E-state index contributed by atoms with van der Waals surface area (Å²) in [7, 11) is 0. The van der Waals surface area contributed by atoms with Gasteiger partial charge in [-0.2, -0.15) is 18.3 Å². The van der Waals surface area contributed by atoms with Crippen molar-refractivity contribution in [3.8, 4) is 28.0 Å². The molecule has 0 unspecified atom stereocenters. The minimum atomic E-state index is -4.45. The Morgan fingerprint density at radius 2 is 2.06 bits per heavy atom. The molecule has 0 aliphatic carbocycles. The molecular weight excluding hydrogens is 429 g/mol. The summed E-state index contributed by atoms with van der Waals surface area (Å²) in [5.41, 5.74) is 5.03. The van der Waals surface area contributed by atoms with Gasteiger partial charge in [0, 0.05) is 29.9 Å². The lowest BCUT2D eigenvalue weighted by Crippen LogP contribution is -2.33. The van der Waals surface area contributed by atoms with E-state index >= 15 is 0 Å². The molecule has 1 aliphatic rings. The normalized spacial score (nSPS) is 13.3. The highest BCUT2D eigenvalue weighted by Gasteiger charge is 2.28. The fourth-order valence-corrected chi connectivity index (χ4v) is 4.28. The highest BCUT2D eigenvalue weighted by molar-refractivity contribution is 7.12. The highest BCUT2D eigenvalue weighted by atomic mass is 32.1. The largest absolute Gasteiger partial charge is 0.493 e. The summed E-state index contributed by atoms with van der Waals surface area (Å²) in [4.78, 5) is 16.7. The number of nitrogens with zero attached hydrogens (tertiary/aromatic N) is 3. The average Bonchev–Trinajstić information content (AvgIpc) is 3.48. The van der Waals surface area contributed by atoms with Gasteiger partial charge in [-0.1, -0.05) is 6.07 Å². The first kappa shape index (κ1) is 19.6. The number of benzene rings is 1. The number of nitrogens with one attached hydrogen (secondary N) is 1. The Morgan fingerprint density at radius 1 is 1.19 bits per heavy atom. The van der Waals surface area contributed by atoms with Gasteiger partial charge in [0.15, 0.2) is 5.65 Å². The molecule has 0 atom stereocenters. The molecule has 0 fully saturated rings. The number of hydrogen-bond donors (Lipinski definition) is 1. The molecule has 1 N–H and O–H groups in total. The molecule has 0 saturated carbocycles. The number of carbonyl (C=O) groups excluding carboxylic acids is 1. The monoisotopic (exact) mass is 444 g/mol. The van der Waals surface area contributed by atoms with E-state index in [2.05, 4.69) is 16.1 Å². The van der Waals surface area contributed by atoms with Crippen molar-refractivity contribution < 1.29 is 22.7 Å². The molecule has 0 spiro atoms. The summed E-state index contributed by atoms with van der Waals surface area (Å²) in [6, 6.07) is 7.55. The molecule has 0 saturated heterocycles. The fourth-order valence-electron chi connectivity index (χ4n) is 3.46. The number of fused-ring (bicyclic) bond motifs is 2. The van der Waals surface area contributed by atoms with Crippen LogP contribution in [0.25, 0.3) is 27.9 Å². The van der Waals surface area contributed by atoms with Crippen molar-refractivity contribution in [1.29, 1.82) is 0 Å². The van der Waals surface area contributed by atoms with Crippen molar-refractivity contribution >= 4 is 22.9 Å². The molecular formula is C21H15F3N4O2S. The number of halogens is 3. The van der Waals surface area contributed by atoms with Crippen molar-refractivity contribution in [2.24, 2.45) is 0 Å². The third-order valence-corrected chi connectivity index (χ3v) is 5.89. The quantitative estimate of drug-likeness (QED) is 0.508. The van der Waals surface area contributed by atoms with Crippen LogP contribution in [0, 0.1) is 0 Å². The van der Waals surface area contributed by atoms with Crippen molar-refractivity contribution in [3.63, 3.8) is 0 Å². The number of alkyl halides is 3. The van der Waals surface area contributed by atoms with Crippen LogP contribution < -0.4 is 10.1 Å². The molecule has 0 bridgehead atoms. The zero-order valence-electron chi connectivity index (χ0n) is 15.9. The molecule has 31 heavy (non-hydrogen) atoms. The second kappa shape index (κ2) is 7.38. The van der Waals surface area contributed by atoms with Crippen LogP contribution in [0.15, 0.2) is 48.2 Å². The predicted octanol–water partition coefficient (Wildman–Crippen LogP) is 4.35. The Balaban J connectivity index is 1.41. The van der Waals surface area contributed by atoms with Crippen molar-refractivity contribution in [3.05, 3.63) is 58.7 Å². The van der Waals surface area contributed by atoms with Crippen LogP contribution in [0.1, 0.15) is 15.2 Å². The summed E-state index contributed by atoms with van der Waals surface area (Å²) in [5.74, 6) is 0.146. The van der Waals surface area contributed by atoms with E-state index < -0.39 is 18.6 Å². The van der Waals surface area contributed by atoms with Crippen LogP contribution >= 0.6 is 11.3 Å². The van der Waals surface area contributed by atoms with E-state index in [1.807, 2.05) is 23.6 Å². The summed E-state index contributed by atoms with van der Waals surface area (Å²) < 4.78 is 44.1. The minimum Gasteiger partial charge on any atom is -0.493 e. The molecule has 1 aromatic carbocycles. The second-order valence-corrected chi connectivity index (χ2v) is 8.00. The summed E-state index contributed by atoms with van der Waals surface area (Å²) in [6.45, 7) is -0.676. The highest BCUT2D eigenvalue weighted by Crippen LogP contribution is 2.32. The van der Waals surface area contributed by atoms with Crippen LogP contribution in [0.3, 0.4) is 0 Å². The van der Waals surface area contributed by atoms with E-state index in [0.29, 0.717) is 23.4 Å². The zero-order chi connectivity index (χ0) is 21.6. The Bertz CT molecular complexity index is 1300. The van der Waals surface area contributed by atoms with E-state index in [0.717, 1.165) is 40.2 Å². The lowest BCUT2D eigenvalue weighted by Gasteiger charge is -2.06. The van der Waals surface area contributed by atoms with Gasteiger partial charge < -0.3 is 10.1 Å². The first-order chi connectivity index (χ1) is 14.9. The van der Waals surface area contributed by atoms with Gasteiger partial charge in [-0.25, -0.2) is 9.50 Å². The summed E-state index contributed by atoms with van der Waals surface area (Å²) in [5, 5.41) is 7.94. The summed E-state index contributed by atoms with van der Waals surface area (Å²) >= 11 is 1.07. The number of ether oxygens (including phenoxy) is 1. The van der Waals surface area contributed by atoms with Gasteiger partial charge in [0.05, 0.1) is 17.7 Å². The first-order valence-electron chi connectivity index (χ1n) is 9.41. The molecule has 1 aliphatic heterocycles. The first-order valence-corrected chi connectivity index (χ1v) is 10.3. The summed E-state index contributed by atoms with van der Waals surface area (Å²) in [6.07, 6.45) is 1.67. The van der Waals surface area contributed by atoms with E-state index in [4.69, 9.17) is 4.74 Å². The zero-order valence-corrected chi connectivity index (χ0v) is 16.8. The van der Waals surface area contributed by atoms with E-state index in [9.17, 15) is 18.0 Å². The standard InChI is InChI=1S/C21H15F3N4O2S/c22-21(23,24)11-26-20(29)18-6-14(10-31-18)16-8-27-28-9-15(7-25-19(16)28)12-1-2-17-13(5-12)3-4-30-17/h1-2,5-10H,3-4,11H2,(H,26,29). The smallest absolute Gasteiger partial charge is 0.405 e. The second-order valence-electron chi connectivity index (χ2n) is 7.09. The van der Waals surface area contributed by atoms with Crippen LogP contribution in [0.2, 0.25) is 0 Å². The fraction of sp³-hybridized carbons (Fsp3) is 0.190. The number of rotatable bonds is 4. The Labute approximate surface area is 178 Å². The maximum atomic E-state index is 12.3. The van der Waals surface area contributed by atoms with Gasteiger partial charge in [0.2, 0.25) is 0 Å². The van der Waals surface area contributed by atoms with E-state index in [1.54, 1.807) is 28.4 Å². The maximum Gasteiger partial charge on any atom is 0.405 e. The molecule has 158 valence electrons. The van der Waals surface area contributed by atoms with Gasteiger partial charge in [-0.3, -0.25) is 4.79 Å². The van der Waals surface area contributed by atoms with Crippen LogP contribution in [-0.2, 0) is 6.42 Å². The van der Waals surface area contributed by atoms with E-state index in [1.165, 1.54) is 0 Å². The SMILES string of the molecule is O=C(NCC(F)(F)F)c1cc(-c2cnn3cc(-c4ccc5c(c4)CCO5)cnc23)cs1. The number of carbonyl (C=O) groups is 1. The molecule has 6 nitrogen and oxygen atoms in total. The number of aromatic nitrogens is 3. The Kier molecular flexibility index (Phi) is 4.66. The van der Waals surface area contributed by atoms with Crippen molar-refractivity contribution in [2.75, 3.05) is 13.2 Å². The maximum absolute atomic E-state index is 12.3. The number of hydrogen-bond acceptors (Lipinski definition) is 5. The molecule has 10 heteroatoms. The average molecular weight is 444 g/mol. The molecule has 5 rings (SSSR count). The Hall–Kier alpha value is -3.40. The van der Waals surface area contributed by atoms with Crippen molar-refractivity contribution in [1.82, 2.24) is 19.9 Å². The predicted molar refractivity (Wildman–Crippen MR) is 109 cm³/mol. The van der Waals surface area contributed by atoms with Gasteiger partial charge >= 0.3 is 6.18 Å². The lowest BCUT2D eigenvalue weighted by molar-refractivity contribution is -0.123. The molecule has 0 radical (unpaired) electrons. The van der Waals surface area contributed by atoms with Gasteiger partial charge in [0.1, 0.15) is 12.3 Å². The van der Waals surface area contributed by atoms with Gasteiger partial charge in [-0.15, -0.1) is 11.3 Å². The minimum absolute atomic E-state index is 0.190. The van der Waals surface area contributed by atoms with Crippen LogP contribution in [0.5, 0.6) is 5.75 Å². The van der Waals surface area contributed by atoms with Crippen LogP contribution in [-0.4, -0.2) is 39.8 Å². The Morgan fingerprint density at radius 3 is 2.90 bits per heavy atom. The number of thiophene rings is 1. The van der Waals surface area contributed by atoms with Crippen molar-refractivity contribution in [2.45, 2.75) is 12.6 Å². The number of amides is 1. The van der Waals surface area contributed by atoms with E-state index in [-0.39, 0.29) is 4.88 Å². The third kappa shape index (κ3) is 3.86. The molecule has 4 heterocycles. The van der Waals surface area contributed by atoms with Gasteiger partial charge in [0.25, 0.3) is 5.91 Å². The topological polar surface area (TPSA) is 68.5 Å². The molecule has 3 aromatic heterocycles. The third-order valence-electron chi connectivity index (χ3n) is 4.96. The van der Waals surface area contributed by atoms with Crippen LogP contribution in [0.4, 0.5) is 13.2 Å². The lowest BCUT2D eigenvalue weighted by atomic mass is 10.0. The van der Waals surface area contributed by atoms with Gasteiger partial charge in [-0.05, 0) is 40.3 Å². The molecule has 1 amide bonds. The molecule has 4 aromatic rings.